The van der Waals surface area contributed by atoms with Crippen LogP contribution in [0.25, 0.3) is 0 Å². The lowest BCUT2D eigenvalue weighted by molar-refractivity contribution is -0.136. The number of ether oxygens (including phenoxy) is 1. The van der Waals surface area contributed by atoms with Crippen LogP contribution < -0.4 is 11.1 Å². The Morgan fingerprint density at radius 1 is 1.26 bits per heavy atom. The van der Waals surface area contributed by atoms with Crippen molar-refractivity contribution in [2.24, 2.45) is 5.73 Å². The Labute approximate surface area is 157 Å². The average Bonchev–Trinajstić information content (AvgIpc) is 2.82. The highest BCUT2D eigenvalue weighted by molar-refractivity contribution is 6.05. The number of rotatable bonds is 3. The maximum absolute atomic E-state index is 12.9. The van der Waals surface area contributed by atoms with Crippen molar-refractivity contribution in [2.45, 2.75) is 38.0 Å². The lowest BCUT2D eigenvalue weighted by Gasteiger charge is -2.29. The van der Waals surface area contributed by atoms with E-state index in [0.717, 1.165) is 24.2 Å². The summed E-state index contributed by atoms with van der Waals surface area (Å²) in [5, 5.41) is 2.34. The van der Waals surface area contributed by atoms with Gasteiger partial charge in [0.25, 0.3) is 5.91 Å². The first-order chi connectivity index (χ1) is 13.0. The second kappa shape index (κ2) is 7.38. The van der Waals surface area contributed by atoms with Crippen molar-refractivity contribution >= 4 is 17.7 Å². The Kier molecular flexibility index (Phi) is 4.94. The predicted octanol–water partition coefficient (Wildman–Crippen LogP) is -0.393. The molecule has 0 saturated carbocycles. The van der Waals surface area contributed by atoms with Crippen LogP contribution in [0.3, 0.4) is 0 Å². The summed E-state index contributed by atoms with van der Waals surface area (Å²) in [6.45, 7) is 3.83. The van der Waals surface area contributed by atoms with Crippen molar-refractivity contribution in [1.29, 1.82) is 0 Å². The number of fused-ring (bicyclic) bond motifs is 1. The standard InChI is InChI=1S/C19H24N4O4/c20-13-9-22(6-7-27-11-13)8-12-2-1-3-14-15(12)10-23(19(14)26)16-4-5-17(24)21-18(16)25/h1-3,13,16H,4-11,20H2,(H,21,24,25). The fourth-order valence-corrected chi connectivity index (χ4v) is 4.09. The minimum Gasteiger partial charge on any atom is -0.378 e. The number of nitrogens with zero attached hydrogens (tertiary/aromatic N) is 2. The third-order valence-electron chi connectivity index (χ3n) is 5.45. The fourth-order valence-electron chi connectivity index (χ4n) is 4.09. The molecule has 3 aliphatic rings. The summed E-state index contributed by atoms with van der Waals surface area (Å²) < 4.78 is 5.50. The molecule has 2 atom stereocenters. The summed E-state index contributed by atoms with van der Waals surface area (Å²) in [5.74, 6) is -0.803. The zero-order chi connectivity index (χ0) is 19.0. The Morgan fingerprint density at radius 2 is 2.11 bits per heavy atom. The molecule has 3 heterocycles. The van der Waals surface area contributed by atoms with Crippen LogP contribution in [0, 0.1) is 0 Å². The van der Waals surface area contributed by atoms with Crippen molar-refractivity contribution in [1.82, 2.24) is 15.1 Å². The first-order valence-electron chi connectivity index (χ1n) is 9.34. The number of amides is 3. The van der Waals surface area contributed by atoms with Gasteiger partial charge in [0.05, 0.1) is 13.2 Å². The van der Waals surface area contributed by atoms with Crippen molar-refractivity contribution in [2.75, 3.05) is 26.3 Å². The minimum atomic E-state index is -0.588. The third kappa shape index (κ3) is 3.60. The molecular formula is C19H24N4O4. The number of hydrogen-bond acceptors (Lipinski definition) is 6. The molecule has 1 aromatic carbocycles. The Bertz CT molecular complexity index is 781. The molecule has 0 spiro atoms. The third-order valence-corrected chi connectivity index (χ3v) is 5.45. The molecule has 27 heavy (non-hydrogen) atoms. The van der Waals surface area contributed by atoms with Gasteiger partial charge in [-0.05, 0) is 23.6 Å². The summed E-state index contributed by atoms with van der Waals surface area (Å²) >= 11 is 0. The first kappa shape index (κ1) is 18.1. The SMILES string of the molecule is NC1COCCN(Cc2cccc3c2CN(C2CCC(=O)NC2=O)C3=O)C1. The van der Waals surface area contributed by atoms with E-state index in [1.807, 2.05) is 18.2 Å². The molecule has 0 bridgehead atoms. The number of hydrogen-bond donors (Lipinski definition) is 2. The van der Waals surface area contributed by atoms with Gasteiger partial charge >= 0.3 is 0 Å². The highest BCUT2D eigenvalue weighted by Gasteiger charge is 2.39. The van der Waals surface area contributed by atoms with E-state index < -0.39 is 6.04 Å². The molecule has 8 nitrogen and oxygen atoms in total. The second-order valence-electron chi connectivity index (χ2n) is 7.41. The molecule has 2 unspecified atom stereocenters. The summed E-state index contributed by atoms with van der Waals surface area (Å²) in [6, 6.07) is 5.11. The molecule has 0 aliphatic carbocycles. The van der Waals surface area contributed by atoms with Crippen LogP contribution in [0.2, 0.25) is 0 Å². The van der Waals surface area contributed by atoms with Crippen LogP contribution in [0.4, 0.5) is 0 Å². The monoisotopic (exact) mass is 372 g/mol. The summed E-state index contributed by atoms with van der Waals surface area (Å²) in [6.07, 6.45) is 0.632. The fraction of sp³-hybridized carbons (Fsp3) is 0.526. The van der Waals surface area contributed by atoms with Gasteiger partial charge in [0.2, 0.25) is 11.8 Å². The van der Waals surface area contributed by atoms with E-state index in [1.54, 1.807) is 4.90 Å². The topological polar surface area (TPSA) is 105 Å². The number of carbonyl (C=O) groups is 3. The number of imide groups is 1. The smallest absolute Gasteiger partial charge is 0.255 e. The van der Waals surface area contributed by atoms with Crippen LogP contribution >= 0.6 is 0 Å². The molecule has 3 amide bonds. The van der Waals surface area contributed by atoms with Gasteiger partial charge in [-0.15, -0.1) is 0 Å². The molecule has 8 heteroatoms. The van der Waals surface area contributed by atoms with Crippen LogP contribution in [0.1, 0.15) is 34.3 Å². The summed E-state index contributed by atoms with van der Waals surface area (Å²) in [5.41, 5.74) is 8.74. The Hall–Kier alpha value is -2.29. The van der Waals surface area contributed by atoms with E-state index in [0.29, 0.717) is 38.3 Å². The highest BCUT2D eigenvalue weighted by atomic mass is 16.5. The molecule has 2 fully saturated rings. The molecule has 0 radical (unpaired) electrons. The molecule has 3 aliphatic heterocycles. The van der Waals surface area contributed by atoms with E-state index in [-0.39, 0.29) is 30.2 Å². The van der Waals surface area contributed by atoms with Crippen molar-refractivity contribution < 1.29 is 19.1 Å². The van der Waals surface area contributed by atoms with Crippen LogP contribution in [0.5, 0.6) is 0 Å². The number of piperidine rings is 1. The molecule has 3 N–H and O–H groups in total. The zero-order valence-corrected chi connectivity index (χ0v) is 15.1. The lowest BCUT2D eigenvalue weighted by atomic mass is 10.0. The van der Waals surface area contributed by atoms with Gasteiger partial charge in [-0.2, -0.15) is 0 Å². The summed E-state index contributed by atoms with van der Waals surface area (Å²) in [4.78, 5) is 40.3. The molecule has 4 rings (SSSR count). The van der Waals surface area contributed by atoms with Gasteiger partial charge in [-0.1, -0.05) is 12.1 Å². The Morgan fingerprint density at radius 3 is 2.93 bits per heavy atom. The van der Waals surface area contributed by atoms with E-state index in [2.05, 4.69) is 10.2 Å². The normalized spacial score (nSPS) is 26.7. The predicted molar refractivity (Wildman–Crippen MR) is 96.6 cm³/mol. The molecular weight excluding hydrogens is 348 g/mol. The Balaban J connectivity index is 1.54. The van der Waals surface area contributed by atoms with Crippen LogP contribution in [0.15, 0.2) is 18.2 Å². The van der Waals surface area contributed by atoms with Crippen molar-refractivity contribution in [3.8, 4) is 0 Å². The number of carbonyl (C=O) groups excluding carboxylic acids is 3. The average molecular weight is 372 g/mol. The second-order valence-corrected chi connectivity index (χ2v) is 7.41. The largest absolute Gasteiger partial charge is 0.378 e. The lowest BCUT2D eigenvalue weighted by Crippen LogP contribution is -2.52. The molecule has 0 aromatic heterocycles. The van der Waals surface area contributed by atoms with Gasteiger partial charge in [-0.3, -0.25) is 24.6 Å². The van der Waals surface area contributed by atoms with E-state index in [1.165, 1.54) is 0 Å². The van der Waals surface area contributed by atoms with E-state index in [9.17, 15) is 14.4 Å². The van der Waals surface area contributed by atoms with Gasteiger partial charge in [0.1, 0.15) is 6.04 Å². The van der Waals surface area contributed by atoms with Gasteiger partial charge < -0.3 is 15.4 Å². The maximum atomic E-state index is 12.9. The maximum Gasteiger partial charge on any atom is 0.255 e. The molecule has 1 aromatic rings. The zero-order valence-electron chi connectivity index (χ0n) is 15.1. The number of benzene rings is 1. The van der Waals surface area contributed by atoms with Crippen molar-refractivity contribution in [3.05, 3.63) is 34.9 Å². The quantitative estimate of drug-likeness (QED) is 0.700. The highest BCUT2D eigenvalue weighted by Crippen LogP contribution is 2.30. The van der Waals surface area contributed by atoms with E-state index in [4.69, 9.17) is 10.5 Å². The van der Waals surface area contributed by atoms with Crippen LogP contribution in [-0.2, 0) is 27.4 Å². The minimum absolute atomic E-state index is 0.0223. The van der Waals surface area contributed by atoms with E-state index >= 15 is 0 Å². The van der Waals surface area contributed by atoms with Gasteiger partial charge in [-0.25, -0.2) is 0 Å². The molecule has 2 saturated heterocycles. The summed E-state index contributed by atoms with van der Waals surface area (Å²) in [7, 11) is 0. The van der Waals surface area contributed by atoms with Crippen molar-refractivity contribution in [3.63, 3.8) is 0 Å². The van der Waals surface area contributed by atoms with Gasteiger partial charge in [0, 0.05) is 44.2 Å². The molecule has 144 valence electrons. The van der Waals surface area contributed by atoms with Crippen LogP contribution in [-0.4, -0.2) is 65.9 Å². The first-order valence-corrected chi connectivity index (χ1v) is 9.34. The van der Waals surface area contributed by atoms with Gasteiger partial charge in [0.15, 0.2) is 0 Å². The number of nitrogens with two attached hydrogens (primary N) is 1. The number of nitrogens with one attached hydrogen (secondary N) is 1.